The Kier molecular flexibility index (Phi) is 3.52. The maximum Gasteiger partial charge on any atom is 0.397 e. The molecule has 0 aliphatic heterocycles. The SMILES string of the molecule is CCOC(=O)C(=O)Nc1cccc2ccncc12. The number of carbonyl (C=O) groups excluding carboxylic acids is 2. The monoisotopic (exact) mass is 244 g/mol. The van der Waals surface area contributed by atoms with Gasteiger partial charge in [0.2, 0.25) is 0 Å². The third-order valence-corrected chi connectivity index (χ3v) is 2.39. The fourth-order valence-corrected chi connectivity index (χ4v) is 1.59. The second-order valence-electron chi connectivity index (χ2n) is 3.58. The average Bonchev–Trinajstić information content (AvgIpc) is 2.39. The molecule has 1 aromatic heterocycles. The molecule has 0 unspecified atom stereocenters. The fourth-order valence-electron chi connectivity index (χ4n) is 1.59. The zero-order valence-electron chi connectivity index (χ0n) is 9.84. The van der Waals surface area contributed by atoms with Crippen molar-refractivity contribution in [3.63, 3.8) is 0 Å². The van der Waals surface area contributed by atoms with Crippen molar-refractivity contribution in [3.8, 4) is 0 Å². The molecule has 0 atom stereocenters. The van der Waals surface area contributed by atoms with Crippen molar-refractivity contribution in [2.45, 2.75) is 6.92 Å². The van der Waals surface area contributed by atoms with Crippen LogP contribution >= 0.6 is 0 Å². The molecule has 1 N–H and O–H groups in total. The number of benzene rings is 1. The van der Waals surface area contributed by atoms with E-state index in [0.29, 0.717) is 5.69 Å². The van der Waals surface area contributed by atoms with Crippen molar-refractivity contribution in [1.82, 2.24) is 4.98 Å². The van der Waals surface area contributed by atoms with Gasteiger partial charge in [-0.05, 0) is 24.4 Å². The second-order valence-corrected chi connectivity index (χ2v) is 3.58. The van der Waals surface area contributed by atoms with Crippen molar-refractivity contribution in [2.24, 2.45) is 0 Å². The number of ether oxygens (including phenoxy) is 1. The summed E-state index contributed by atoms with van der Waals surface area (Å²) < 4.78 is 4.62. The van der Waals surface area contributed by atoms with Crippen molar-refractivity contribution in [3.05, 3.63) is 36.7 Å². The van der Waals surface area contributed by atoms with Gasteiger partial charge >= 0.3 is 11.9 Å². The molecule has 0 radical (unpaired) electrons. The van der Waals surface area contributed by atoms with Crippen LogP contribution in [0.4, 0.5) is 5.69 Å². The predicted molar refractivity (Wildman–Crippen MR) is 67.0 cm³/mol. The molecule has 1 aromatic carbocycles. The molecule has 18 heavy (non-hydrogen) atoms. The molecular weight excluding hydrogens is 232 g/mol. The minimum absolute atomic E-state index is 0.170. The molecule has 0 spiro atoms. The highest BCUT2D eigenvalue weighted by molar-refractivity contribution is 6.37. The van der Waals surface area contributed by atoms with E-state index in [2.05, 4.69) is 15.0 Å². The summed E-state index contributed by atoms with van der Waals surface area (Å²) in [5, 5.41) is 4.23. The minimum Gasteiger partial charge on any atom is -0.459 e. The summed E-state index contributed by atoms with van der Waals surface area (Å²) >= 11 is 0. The largest absolute Gasteiger partial charge is 0.459 e. The zero-order valence-corrected chi connectivity index (χ0v) is 9.84. The maximum atomic E-state index is 11.5. The van der Waals surface area contributed by atoms with Gasteiger partial charge in [-0.2, -0.15) is 0 Å². The summed E-state index contributed by atoms with van der Waals surface area (Å²) in [6.07, 6.45) is 3.30. The average molecular weight is 244 g/mol. The highest BCUT2D eigenvalue weighted by Gasteiger charge is 2.15. The van der Waals surface area contributed by atoms with E-state index in [-0.39, 0.29) is 6.61 Å². The summed E-state index contributed by atoms with van der Waals surface area (Å²) in [5.41, 5.74) is 0.540. The summed E-state index contributed by atoms with van der Waals surface area (Å²) in [6, 6.07) is 7.23. The number of anilines is 1. The smallest absolute Gasteiger partial charge is 0.397 e. The van der Waals surface area contributed by atoms with E-state index in [1.54, 1.807) is 31.5 Å². The third-order valence-electron chi connectivity index (χ3n) is 2.39. The normalized spacial score (nSPS) is 10.1. The van der Waals surface area contributed by atoms with Crippen molar-refractivity contribution >= 4 is 28.3 Å². The molecule has 92 valence electrons. The van der Waals surface area contributed by atoms with E-state index >= 15 is 0 Å². The van der Waals surface area contributed by atoms with Gasteiger partial charge < -0.3 is 10.1 Å². The summed E-state index contributed by atoms with van der Waals surface area (Å²) in [7, 11) is 0. The van der Waals surface area contributed by atoms with Crippen LogP contribution in [0.2, 0.25) is 0 Å². The van der Waals surface area contributed by atoms with Gasteiger partial charge in [-0.3, -0.25) is 9.78 Å². The number of carbonyl (C=O) groups is 2. The summed E-state index contributed by atoms with van der Waals surface area (Å²) in [5.74, 6) is -1.67. The molecule has 0 saturated heterocycles. The fraction of sp³-hybridized carbons (Fsp3) is 0.154. The molecular formula is C13H12N2O3. The number of esters is 1. The number of rotatable bonds is 2. The standard InChI is InChI=1S/C13H12N2O3/c1-2-18-13(17)12(16)15-11-5-3-4-9-6-7-14-8-10(9)11/h3-8H,2H2,1H3,(H,15,16). The molecule has 5 heteroatoms. The Morgan fingerprint density at radius 3 is 2.94 bits per heavy atom. The van der Waals surface area contributed by atoms with E-state index in [1.807, 2.05) is 12.1 Å². The van der Waals surface area contributed by atoms with Crippen LogP contribution in [-0.4, -0.2) is 23.5 Å². The van der Waals surface area contributed by atoms with Gasteiger partial charge in [-0.1, -0.05) is 12.1 Å². The van der Waals surface area contributed by atoms with Crippen LogP contribution in [0.5, 0.6) is 0 Å². The highest BCUT2D eigenvalue weighted by Crippen LogP contribution is 2.21. The van der Waals surface area contributed by atoms with Crippen LogP contribution in [0.25, 0.3) is 10.8 Å². The number of hydrogen-bond donors (Lipinski definition) is 1. The summed E-state index contributed by atoms with van der Waals surface area (Å²) in [6.45, 7) is 1.82. The third kappa shape index (κ3) is 2.45. The number of nitrogens with one attached hydrogen (secondary N) is 1. The van der Waals surface area contributed by atoms with Crippen LogP contribution < -0.4 is 5.32 Å². The number of aromatic nitrogens is 1. The first-order valence-corrected chi connectivity index (χ1v) is 5.53. The summed E-state index contributed by atoms with van der Waals surface area (Å²) in [4.78, 5) is 26.8. The molecule has 0 saturated carbocycles. The van der Waals surface area contributed by atoms with Crippen LogP contribution in [0.15, 0.2) is 36.7 Å². The highest BCUT2D eigenvalue weighted by atomic mass is 16.5. The lowest BCUT2D eigenvalue weighted by molar-refractivity contribution is -0.152. The Balaban J connectivity index is 2.27. The molecule has 5 nitrogen and oxygen atoms in total. The first-order chi connectivity index (χ1) is 8.72. The quantitative estimate of drug-likeness (QED) is 0.645. The second kappa shape index (κ2) is 5.27. The Bertz CT molecular complexity index is 590. The van der Waals surface area contributed by atoms with E-state index in [9.17, 15) is 9.59 Å². The van der Waals surface area contributed by atoms with Crippen molar-refractivity contribution in [1.29, 1.82) is 0 Å². The molecule has 1 amide bonds. The van der Waals surface area contributed by atoms with Crippen molar-refractivity contribution in [2.75, 3.05) is 11.9 Å². The maximum absolute atomic E-state index is 11.5. The van der Waals surface area contributed by atoms with E-state index < -0.39 is 11.9 Å². The molecule has 1 heterocycles. The van der Waals surface area contributed by atoms with Crippen LogP contribution in [0, 0.1) is 0 Å². The zero-order chi connectivity index (χ0) is 13.0. The van der Waals surface area contributed by atoms with Gasteiger partial charge in [-0.15, -0.1) is 0 Å². The lowest BCUT2D eigenvalue weighted by Crippen LogP contribution is -2.25. The van der Waals surface area contributed by atoms with Gasteiger partial charge in [0.15, 0.2) is 0 Å². The van der Waals surface area contributed by atoms with Gasteiger partial charge in [0.25, 0.3) is 0 Å². The van der Waals surface area contributed by atoms with E-state index in [1.165, 1.54) is 0 Å². The number of pyridine rings is 1. The topological polar surface area (TPSA) is 68.3 Å². The Morgan fingerprint density at radius 1 is 1.33 bits per heavy atom. The van der Waals surface area contributed by atoms with Gasteiger partial charge in [0, 0.05) is 17.8 Å². The number of amides is 1. The Hall–Kier alpha value is -2.43. The molecule has 2 rings (SSSR count). The van der Waals surface area contributed by atoms with Crippen LogP contribution in [0.1, 0.15) is 6.92 Å². The molecule has 0 aliphatic rings. The number of fused-ring (bicyclic) bond motifs is 1. The predicted octanol–water partition coefficient (Wildman–Crippen LogP) is 1.74. The lowest BCUT2D eigenvalue weighted by atomic mass is 10.1. The Morgan fingerprint density at radius 2 is 2.17 bits per heavy atom. The van der Waals surface area contributed by atoms with Crippen LogP contribution in [0.3, 0.4) is 0 Å². The van der Waals surface area contributed by atoms with Crippen LogP contribution in [-0.2, 0) is 14.3 Å². The lowest BCUT2D eigenvalue weighted by Gasteiger charge is -2.07. The molecule has 2 aromatic rings. The van der Waals surface area contributed by atoms with Gasteiger partial charge in [-0.25, -0.2) is 4.79 Å². The van der Waals surface area contributed by atoms with Crippen molar-refractivity contribution < 1.29 is 14.3 Å². The molecule has 0 fully saturated rings. The first kappa shape index (κ1) is 12.0. The Labute approximate surface area is 104 Å². The van der Waals surface area contributed by atoms with E-state index in [4.69, 9.17) is 0 Å². The minimum atomic E-state index is -0.890. The molecule has 0 aliphatic carbocycles. The van der Waals surface area contributed by atoms with E-state index in [0.717, 1.165) is 10.8 Å². The first-order valence-electron chi connectivity index (χ1n) is 5.53. The number of nitrogens with zero attached hydrogens (tertiary/aromatic N) is 1. The molecule has 0 bridgehead atoms. The van der Waals surface area contributed by atoms with Gasteiger partial charge in [0.1, 0.15) is 0 Å². The number of hydrogen-bond acceptors (Lipinski definition) is 4. The van der Waals surface area contributed by atoms with Gasteiger partial charge in [0.05, 0.1) is 12.3 Å².